The van der Waals surface area contributed by atoms with Crippen LogP contribution in [0.15, 0.2) is 92.4 Å². The number of pyridine rings is 1. The molecule has 3 aromatic carbocycles. The molecule has 6 aromatic rings. The summed E-state index contributed by atoms with van der Waals surface area (Å²) < 4.78 is 104. The maximum absolute atomic E-state index is 13.3. The first-order valence-electron chi connectivity index (χ1n) is 31.4. The van der Waals surface area contributed by atoms with Crippen molar-refractivity contribution in [3.8, 4) is 46.1 Å². The number of ether oxygens (including phenoxy) is 9. The van der Waals surface area contributed by atoms with Crippen LogP contribution in [0.3, 0.4) is 0 Å². The fourth-order valence-corrected chi connectivity index (χ4v) is 14.7. The molecule has 29 nitrogen and oxygen atoms in total. The van der Waals surface area contributed by atoms with E-state index in [1.165, 1.54) is 29.7 Å². The second-order valence-electron chi connectivity index (χ2n) is 23.0. The molecular formula is C65H81N7O22P3+. The fraction of sp³-hybridized carbons (Fsp3) is 0.446. The first-order valence-corrected chi connectivity index (χ1v) is 35.9. The number of fused-ring (bicyclic) bond motifs is 6. The molecule has 7 N–H and O–H groups in total. The number of ketones is 2. The number of nitrogens with zero attached hydrogens (tertiary/aromatic N) is 5. The summed E-state index contributed by atoms with van der Waals surface area (Å²) in [7, 11) is -11.6. The number of phosphoric acid groups is 3. The van der Waals surface area contributed by atoms with Crippen molar-refractivity contribution in [2.24, 2.45) is 7.05 Å². The van der Waals surface area contributed by atoms with Crippen molar-refractivity contribution in [3.63, 3.8) is 0 Å². The first kappa shape index (κ1) is 73.8. The summed E-state index contributed by atoms with van der Waals surface area (Å²) in [4.78, 5) is 87.6. The van der Waals surface area contributed by atoms with Gasteiger partial charge in [-0.2, -0.15) is 13.2 Å². The number of rotatable bonds is 38. The number of methoxy groups -OCH3 is 2. The standard InChI is InChI=1S/C65H80N7O22P3/c1-6-27-85-42-90-57-35-60(92-58(57)38-91-96(79,80)94-97(81,82)93-95(76,77)78)72-36-45(62-64(66)68-41-69-65(62)72)18-14-24-67-59(75)39-89-61(86-28-7-2)40-87-49-22-13-17-44(30-49)53(74)23-12-10-8-9-11-20-48(73)21-16-26-71-25-15-19-43-31-50-54(34-52(43)71)88-37-47-29-46-32-55(83-4)56(84-5)33-51(46)70(3)63(47)50/h6-7,13,17,22,29-34,36,41,57-58,60-61H,1-2,8-12,15-16,19-21,23-28,35,37-40,42H2,3-5H3,(H6-,66,67,68,69,75,76,77,78,79,80,81,82)/p+1/t57?,58-,60-,61?/m1/s1. The molecule has 1 fully saturated rings. The third-order valence-electron chi connectivity index (χ3n) is 16.1. The number of hydrogen-bond donors (Lipinski definition) is 6. The van der Waals surface area contributed by atoms with Crippen LogP contribution in [0, 0.1) is 11.8 Å². The summed E-state index contributed by atoms with van der Waals surface area (Å²) in [6.45, 7) is 7.80. The molecule has 0 bridgehead atoms. The van der Waals surface area contributed by atoms with Gasteiger partial charge < -0.3 is 82.7 Å². The highest BCUT2D eigenvalue weighted by Gasteiger charge is 2.44. The van der Waals surface area contributed by atoms with Gasteiger partial charge in [0.2, 0.25) is 17.1 Å². The van der Waals surface area contributed by atoms with Gasteiger partial charge in [0.1, 0.15) is 81.1 Å². The molecule has 3 aromatic heterocycles. The highest BCUT2D eigenvalue weighted by atomic mass is 31.3. The number of carbonyl (C=O) groups is 3. The Balaban J connectivity index is 0.678. The molecule has 0 saturated carbocycles. The molecule has 1 amide bonds. The Hall–Kier alpha value is -7.45. The number of nitrogens with one attached hydrogen (secondary N) is 1. The number of amides is 1. The van der Waals surface area contributed by atoms with E-state index in [0.29, 0.717) is 66.1 Å². The van der Waals surface area contributed by atoms with Crippen molar-refractivity contribution in [1.82, 2.24) is 19.9 Å². The van der Waals surface area contributed by atoms with Crippen LogP contribution in [-0.4, -0.2) is 144 Å². The smallest absolute Gasteiger partial charge is 0.490 e. The second kappa shape index (κ2) is 34.4. The molecule has 0 radical (unpaired) electrons. The van der Waals surface area contributed by atoms with Gasteiger partial charge in [-0.1, -0.05) is 55.4 Å². The van der Waals surface area contributed by atoms with E-state index in [4.69, 9.17) is 62.7 Å². The Morgan fingerprint density at radius 2 is 1.66 bits per heavy atom. The third kappa shape index (κ3) is 20.3. The van der Waals surface area contributed by atoms with E-state index >= 15 is 0 Å². The number of anilines is 2. The average molecular weight is 1410 g/mol. The van der Waals surface area contributed by atoms with Gasteiger partial charge in [0.05, 0.1) is 80.2 Å². The Morgan fingerprint density at radius 1 is 0.897 bits per heavy atom. The normalized spacial score (nSPS) is 17.3. The SMILES string of the molecule is C=CCOCOC1C[C@H](n2cc(C#CCNC(=O)COC(COc3cccc(C(=O)CCCCCCCC(=O)CCCN4CCCc5cc6c(cc54)OCc4cc5cc(OC)c(OC)cc5[n+](C)c4-6)c3)OCC=C)c3c(N)ncnc32)O[C@@H]1COP(=O)(O)OP(=O)(O)OP(=O)(O)O. The van der Waals surface area contributed by atoms with Gasteiger partial charge in [0.25, 0.3) is 0 Å². The van der Waals surface area contributed by atoms with Crippen molar-refractivity contribution in [2.45, 2.75) is 108 Å². The first-order chi connectivity index (χ1) is 46.6. The number of aryl methyl sites for hydroxylation is 2. The fourth-order valence-electron chi connectivity index (χ4n) is 11.7. The maximum Gasteiger partial charge on any atom is 0.490 e. The second-order valence-corrected chi connectivity index (χ2v) is 27.4. The monoisotopic (exact) mass is 1400 g/mol. The van der Waals surface area contributed by atoms with Crippen LogP contribution >= 0.6 is 23.5 Å². The molecule has 6 atom stereocenters. The van der Waals surface area contributed by atoms with Crippen LogP contribution < -0.4 is 39.5 Å². The zero-order chi connectivity index (χ0) is 69.3. The minimum absolute atomic E-state index is 0.0290. The molecule has 1 saturated heterocycles. The van der Waals surface area contributed by atoms with Crippen molar-refractivity contribution < 1.29 is 108 Å². The Morgan fingerprint density at radius 3 is 2.43 bits per heavy atom. The number of nitrogen functional groups attached to an aromatic ring is 1. The van der Waals surface area contributed by atoms with Crippen molar-refractivity contribution >= 4 is 74.4 Å². The molecule has 3 aliphatic heterocycles. The molecule has 3 aliphatic rings. The number of aromatic nitrogens is 4. The number of carbonyl (C=O) groups excluding carboxylic acids is 3. The minimum atomic E-state index is -5.80. The van der Waals surface area contributed by atoms with Gasteiger partial charge in [0, 0.05) is 62.3 Å². The van der Waals surface area contributed by atoms with Crippen LogP contribution in [0.2, 0.25) is 0 Å². The highest BCUT2D eigenvalue weighted by molar-refractivity contribution is 7.66. The van der Waals surface area contributed by atoms with Gasteiger partial charge in [-0.3, -0.25) is 18.9 Å². The molecule has 32 heteroatoms. The van der Waals surface area contributed by atoms with Gasteiger partial charge in [-0.25, -0.2) is 23.7 Å². The average Bonchev–Trinajstić information content (AvgIpc) is 1.63. The Labute approximate surface area is 560 Å². The molecule has 0 aliphatic carbocycles. The highest BCUT2D eigenvalue weighted by Crippen LogP contribution is 2.66. The van der Waals surface area contributed by atoms with E-state index < -0.39 is 67.3 Å². The van der Waals surface area contributed by atoms with E-state index in [9.17, 15) is 37.9 Å². The molecule has 0 spiro atoms. The lowest BCUT2D eigenvalue weighted by atomic mass is 9.93. The topological polar surface area (TPSA) is 370 Å². The summed E-state index contributed by atoms with van der Waals surface area (Å²) in [5, 5.41) is 4.02. The lowest BCUT2D eigenvalue weighted by Crippen LogP contribution is -2.35. The van der Waals surface area contributed by atoms with Crippen LogP contribution in [0.25, 0.3) is 33.2 Å². The largest absolute Gasteiger partial charge is 0.493 e. The van der Waals surface area contributed by atoms with Crippen LogP contribution in [-0.2, 0) is 80.2 Å². The molecular weight excluding hydrogens is 1320 g/mol. The van der Waals surface area contributed by atoms with Crippen LogP contribution in [0.5, 0.6) is 23.0 Å². The van der Waals surface area contributed by atoms with E-state index in [1.807, 2.05) is 12.1 Å². The molecule has 9 rings (SSSR count). The van der Waals surface area contributed by atoms with Crippen LogP contribution in [0.4, 0.5) is 11.5 Å². The van der Waals surface area contributed by atoms with E-state index in [0.717, 1.165) is 91.5 Å². The zero-order valence-electron chi connectivity index (χ0n) is 54.1. The summed E-state index contributed by atoms with van der Waals surface area (Å²) in [6, 6.07) is 17.5. The quantitative estimate of drug-likeness (QED) is 0.00402. The van der Waals surface area contributed by atoms with Crippen molar-refractivity contribution in [2.75, 3.05) is 84.3 Å². The van der Waals surface area contributed by atoms with Gasteiger partial charge in [0.15, 0.2) is 23.6 Å². The number of hydrogen-bond acceptors (Lipinski definition) is 22. The molecule has 522 valence electrons. The third-order valence-corrected chi connectivity index (χ3v) is 19.9. The number of Topliss-reactive ketones (excluding diaryl/α,β-unsaturated/α-hetero) is 2. The molecule has 97 heavy (non-hydrogen) atoms. The van der Waals surface area contributed by atoms with E-state index in [-0.39, 0.29) is 62.6 Å². The minimum Gasteiger partial charge on any atom is -0.493 e. The van der Waals surface area contributed by atoms with Gasteiger partial charge in [-0.15, -0.1) is 13.2 Å². The summed E-state index contributed by atoms with van der Waals surface area (Å²) >= 11 is 0. The van der Waals surface area contributed by atoms with E-state index in [1.54, 1.807) is 49.2 Å². The number of phosphoric ester groups is 1. The Bertz CT molecular complexity index is 4040. The Kier molecular flexibility index (Phi) is 26.1. The predicted molar refractivity (Wildman–Crippen MR) is 353 cm³/mol. The molecule has 6 heterocycles. The molecule has 4 unspecified atom stereocenters. The maximum atomic E-state index is 13.3. The van der Waals surface area contributed by atoms with Gasteiger partial charge in [-0.05, 0) is 68.0 Å². The van der Waals surface area contributed by atoms with Gasteiger partial charge >= 0.3 is 23.5 Å². The van der Waals surface area contributed by atoms with E-state index in [2.05, 4.69) is 83.6 Å². The number of nitrogens with two attached hydrogens (primary N) is 1. The predicted octanol–water partition coefficient (Wildman–Crippen LogP) is 8.55. The van der Waals surface area contributed by atoms with Crippen molar-refractivity contribution in [1.29, 1.82) is 0 Å². The summed E-state index contributed by atoms with van der Waals surface area (Å²) in [5.74, 6) is 8.18. The number of benzene rings is 3. The number of unbranched alkanes of at least 4 members (excludes halogenated alkanes) is 4. The lowest BCUT2D eigenvalue weighted by Gasteiger charge is -2.33. The zero-order valence-corrected chi connectivity index (χ0v) is 56.8. The summed E-state index contributed by atoms with van der Waals surface area (Å²) in [5.41, 5.74) is 14.2. The van der Waals surface area contributed by atoms with Crippen LogP contribution in [0.1, 0.15) is 104 Å². The summed E-state index contributed by atoms with van der Waals surface area (Å²) in [6.07, 6.45) is 10.1. The van der Waals surface area contributed by atoms with Crippen molar-refractivity contribution in [3.05, 3.63) is 115 Å². The lowest BCUT2D eigenvalue weighted by molar-refractivity contribution is -0.634.